The first-order chi connectivity index (χ1) is 17.9. The quantitative estimate of drug-likeness (QED) is 0.217. The van der Waals surface area contributed by atoms with Crippen molar-refractivity contribution in [2.75, 3.05) is 39.5 Å². The van der Waals surface area contributed by atoms with E-state index in [1.54, 1.807) is 12.1 Å². The molecule has 0 N–H and O–H groups in total. The van der Waals surface area contributed by atoms with Crippen molar-refractivity contribution in [1.29, 1.82) is 0 Å². The zero-order valence-electron chi connectivity index (χ0n) is 22.3. The van der Waals surface area contributed by atoms with Gasteiger partial charge < -0.3 is 18.9 Å². The van der Waals surface area contributed by atoms with Crippen molar-refractivity contribution < 1.29 is 23.7 Å². The fraction of sp³-hybridized carbons (Fsp3) is 0.500. The smallest absolute Gasteiger partial charge is 0.353 e. The second-order valence-electron chi connectivity index (χ2n) is 8.86. The number of carbonyl (C=O) groups excluding carboxylic acids is 1. The number of hydrogen-bond acceptors (Lipinski definition) is 6. The van der Waals surface area contributed by atoms with E-state index >= 15 is 0 Å². The average molecular weight is 528 g/mol. The normalized spacial score (nSPS) is 15.6. The third-order valence-corrected chi connectivity index (χ3v) is 6.71. The van der Waals surface area contributed by atoms with Crippen LogP contribution in [0.4, 0.5) is 0 Å². The Hall–Kier alpha value is -2.40. The van der Waals surface area contributed by atoms with Crippen LogP contribution < -0.4 is 0 Å². The zero-order chi connectivity index (χ0) is 26.7. The summed E-state index contributed by atoms with van der Waals surface area (Å²) in [5.41, 5.74) is 1.87. The summed E-state index contributed by atoms with van der Waals surface area (Å²) >= 11 is 6.40. The number of piperidine rings is 1. The van der Waals surface area contributed by atoms with E-state index in [4.69, 9.17) is 30.5 Å². The Morgan fingerprint density at radius 1 is 0.946 bits per heavy atom. The van der Waals surface area contributed by atoms with Crippen LogP contribution in [0.25, 0.3) is 0 Å². The number of benzene rings is 2. The Morgan fingerprint density at radius 2 is 1.57 bits per heavy atom. The number of rotatable bonds is 11. The molecule has 7 heteroatoms. The van der Waals surface area contributed by atoms with Gasteiger partial charge in [-0.2, -0.15) is 0 Å². The predicted octanol–water partition coefficient (Wildman–Crippen LogP) is 5.55. The van der Waals surface area contributed by atoms with Crippen molar-refractivity contribution >= 4 is 17.6 Å². The molecular weight excluding hydrogens is 490 g/mol. The lowest BCUT2D eigenvalue weighted by Crippen LogP contribution is -2.48. The molecule has 3 rings (SSSR count). The van der Waals surface area contributed by atoms with Crippen molar-refractivity contribution in [2.24, 2.45) is 0 Å². The van der Waals surface area contributed by atoms with E-state index < -0.39 is 11.4 Å². The van der Waals surface area contributed by atoms with Crippen LogP contribution in [0.2, 0.25) is 5.02 Å². The van der Waals surface area contributed by atoms with Crippen LogP contribution in [-0.4, -0.2) is 56.4 Å². The fourth-order valence-corrected chi connectivity index (χ4v) is 4.94. The molecule has 37 heavy (non-hydrogen) atoms. The first-order valence-corrected chi connectivity index (χ1v) is 13.5. The van der Waals surface area contributed by atoms with Crippen LogP contribution in [-0.2, 0) is 35.7 Å². The molecule has 200 valence electrons. The molecule has 2 aromatic rings. The second kappa shape index (κ2) is 13.9. The number of carbonyl (C=O) groups is 1. The molecule has 0 radical (unpaired) electrons. The molecule has 0 unspecified atom stereocenters. The number of ether oxygens (including phenoxy) is 4. The molecule has 0 atom stereocenters. The Morgan fingerprint density at radius 3 is 2.14 bits per heavy atom. The van der Waals surface area contributed by atoms with Gasteiger partial charge in [0.05, 0.1) is 31.8 Å². The molecule has 6 nitrogen and oxygen atoms in total. The zero-order valence-corrected chi connectivity index (χ0v) is 23.1. The van der Waals surface area contributed by atoms with Crippen LogP contribution in [0.1, 0.15) is 57.2 Å². The SMILES string of the molecule is CCOC(=O)C1(c2ccc(Cl)cc2C#CC(OCC)(OCC)OCC)CCN(Cc2ccccc2)CC1. The largest absolute Gasteiger partial charge is 0.465 e. The maximum atomic E-state index is 13.5. The summed E-state index contributed by atoms with van der Waals surface area (Å²) in [7, 11) is 0. The highest BCUT2D eigenvalue weighted by Crippen LogP contribution is 2.40. The topological polar surface area (TPSA) is 57.2 Å². The molecule has 0 amide bonds. The van der Waals surface area contributed by atoms with E-state index in [0.29, 0.717) is 49.9 Å². The van der Waals surface area contributed by atoms with Gasteiger partial charge in [0.15, 0.2) is 0 Å². The number of likely N-dealkylation sites (tertiary alicyclic amines) is 1. The molecule has 0 saturated carbocycles. The van der Waals surface area contributed by atoms with Crippen LogP contribution >= 0.6 is 11.6 Å². The second-order valence-corrected chi connectivity index (χ2v) is 9.30. The maximum absolute atomic E-state index is 13.5. The average Bonchev–Trinajstić information content (AvgIpc) is 2.89. The Kier molecular flexibility index (Phi) is 11.0. The summed E-state index contributed by atoms with van der Waals surface area (Å²) in [5.74, 6) is 4.52. The summed E-state index contributed by atoms with van der Waals surface area (Å²) < 4.78 is 23.0. The summed E-state index contributed by atoms with van der Waals surface area (Å²) in [6.07, 6.45) is 1.23. The van der Waals surface area contributed by atoms with E-state index in [9.17, 15) is 4.79 Å². The minimum atomic E-state index is -1.49. The van der Waals surface area contributed by atoms with Gasteiger partial charge >= 0.3 is 11.9 Å². The minimum Gasteiger partial charge on any atom is -0.465 e. The first-order valence-electron chi connectivity index (χ1n) is 13.1. The third kappa shape index (κ3) is 7.34. The van der Waals surface area contributed by atoms with Crippen molar-refractivity contribution in [1.82, 2.24) is 4.90 Å². The van der Waals surface area contributed by atoms with Gasteiger partial charge in [-0.05, 0) is 82.8 Å². The fourth-order valence-electron chi connectivity index (χ4n) is 4.77. The number of esters is 1. The maximum Gasteiger partial charge on any atom is 0.353 e. The highest BCUT2D eigenvalue weighted by Gasteiger charge is 2.45. The van der Waals surface area contributed by atoms with Crippen molar-refractivity contribution in [3.8, 4) is 11.8 Å². The number of nitrogens with zero attached hydrogens (tertiary/aromatic N) is 1. The molecule has 1 aliphatic heterocycles. The summed E-state index contributed by atoms with van der Waals surface area (Å²) in [5, 5.41) is 0.531. The van der Waals surface area contributed by atoms with Crippen molar-refractivity contribution in [3.05, 3.63) is 70.2 Å². The van der Waals surface area contributed by atoms with Gasteiger partial charge in [0, 0.05) is 17.1 Å². The van der Waals surface area contributed by atoms with Gasteiger partial charge in [-0.15, -0.1) is 0 Å². The van der Waals surface area contributed by atoms with E-state index in [-0.39, 0.29) is 5.97 Å². The minimum absolute atomic E-state index is 0.231. The molecule has 0 spiro atoms. The van der Waals surface area contributed by atoms with Crippen molar-refractivity contribution in [2.45, 2.75) is 58.5 Å². The molecule has 0 aliphatic carbocycles. The van der Waals surface area contributed by atoms with Gasteiger partial charge in [0.2, 0.25) is 0 Å². The molecule has 1 aliphatic rings. The van der Waals surface area contributed by atoms with Gasteiger partial charge in [0.1, 0.15) is 0 Å². The lowest BCUT2D eigenvalue weighted by atomic mass is 9.71. The first kappa shape index (κ1) is 29.2. The summed E-state index contributed by atoms with van der Waals surface area (Å²) in [6.45, 7) is 11.2. The van der Waals surface area contributed by atoms with E-state index in [0.717, 1.165) is 25.2 Å². The van der Waals surface area contributed by atoms with E-state index in [1.807, 2.05) is 52.0 Å². The van der Waals surface area contributed by atoms with E-state index in [2.05, 4.69) is 28.9 Å². The third-order valence-electron chi connectivity index (χ3n) is 6.48. The van der Waals surface area contributed by atoms with Crippen LogP contribution in [0.5, 0.6) is 0 Å². The molecule has 2 aromatic carbocycles. The predicted molar refractivity (Wildman–Crippen MR) is 145 cm³/mol. The molecule has 1 heterocycles. The number of halogens is 1. The highest BCUT2D eigenvalue weighted by atomic mass is 35.5. The molecule has 0 aromatic heterocycles. The molecular formula is C30H38ClNO5. The summed E-state index contributed by atoms with van der Waals surface area (Å²) in [6, 6.07) is 15.9. The lowest BCUT2D eigenvalue weighted by molar-refractivity contribution is -0.339. The van der Waals surface area contributed by atoms with Gasteiger partial charge in [0.25, 0.3) is 0 Å². The van der Waals surface area contributed by atoms with Crippen LogP contribution in [0.3, 0.4) is 0 Å². The summed E-state index contributed by atoms with van der Waals surface area (Å²) in [4.78, 5) is 15.9. The monoisotopic (exact) mass is 527 g/mol. The highest BCUT2D eigenvalue weighted by molar-refractivity contribution is 6.30. The Labute approximate surface area is 226 Å². The van der Waals surface area contributed by atoms with E-state index in [1.165, 1.54) is 5.56 Å². The Bertz CT molecular complexity index is 1050. The van der Waals surface area contributed by atoms with Gasteiger partial charge in [-0.25, -0.2) is 0 Å². The van der Waals surface area contributed by atoms with Crippen molar-refractivity contribution in [3.63, 3.8) is 0 Å². The van der Waals surface area contributed by atoms with Gasteiger partial charge in [-0.3, -0.25) is 9.69 Å². The Balaban J connectivity index is 1.99. The molecule has 0 bridgehead atoms. The van der Waals surface area contributed by atoms with Crippen LogP contribution in [0.15, 0.2) is 48.5 Å². The standard InChI is InChI=1S/C30H38ClNO5/c1-5-34-28(33)29(18-20-32(21-19-29)23-24-12-10-9-11-13-24)27-15-14-26(31)22-25(27)16-17-30(35-6-2,36-7-3)37-8-4/h9-15,22H,5-8,18-21,23H2,1-4H3. The lowest BCUT2D eigenvalue weighted by Gasteiger charge is -2.40. The molecule has 1 fully saturated rings. The van der Waals surface area contributed by atoms with Crippen LogP contribution in [0, 0.1) is 11.8 Å². The molecule has 1 saturated heterocycles. The van der Waals surface area contributed by atoms with Gasteiger partial charge in [-0.1, -0.05) is 53.9 Å². The number of hydrogen-bond donors (Lipinski definition) is 0.